The van der Waals surface area contributed by atoms with E-state index in [0.717, 1.165) is 6.92 Å². The normalized spacial score (nSPS) is 14.1. The predicted molar refractivity (Wildman–Crippen MR) is 86.7 cm³/mol. The zero-order valence-corrected chi connectivity index (χ0v) is 14.3. The second kappa shape index (κ2) is 10.6. The third-order valence-corrected chi connectivity index (χ3v) is 3.36. The Morgan fingerprint density at radius 3 is 2.12 bits per heavy atom. The molecule has 0 aromatic carbocycles. The number of carbonyl (C=O) groups excluding carboxylic acids is 3. The second-order valence-corrected chi connectivity index (χ2v) is 5.48. The van der Waals surface area contributed by atoms with Gasteiger partial charge in [-0.25, -0.2) is 0 Å². The summed E-state index contributed by atoms with van der Waals surface area (Å²) in [5.74, 6) is -5.94. The van der Waals surface area contributed by atoms with E-state index in [0.29, 0.717) is 4.90 Å². The summed E-state index contributed by atoms with van der Waals surface area (Å²) in [6.07, 6.45) is -2.10. The van der Waals surface area contributed by atoms with Crippen LogP contribution in [0, 0.1) is 0 Å². The van der Waals surface area contributed by atoms with E-state index >= 15 is 0 Å². The molecule has 0 fully saturated rings. The van der Waals surface area contributed by atoms with Crippen molar-refractivity contribution >= 4 is 42.3 Å². The molecule has 0 heterocycles. The summed E-state index contributed by atoms with van der Waals surface area (Å²) in [6, 6.07) is -2.59. The number of nitrogens with two attached hydrogens (primary N) is 1. The molecule has 6 N–H and O–H groups in total. The van der Waals surface area contributed by atoms with Crippen LogP contribution in [-0.2, 0) is 24.0 Å². The molecule has 0 saturated heterocycles. The van der Waals surface area contributed by atoms with Crippen LogP contribution in [0.3, 0.4) is 0 Å². The Hall–Kier alpha value is -2.18. The largest absolute Gasteiger partial charge is 0.480 e. The number of nitrogens with one attached hydrogen (secondary N) is 1. The van der Waals surface area contributed by atoms with Crippen molar-refractivity contribution in [3.63, 3.8) is 0 Å². The van der Waals surface area contributed by atoms with Crippen molar-refractivity contribution in [2.24, 2.45) is 5.73 Å². The number of aliphatic hydroxyl groups is 1. The zero-order chi connectivity index (χ0) is 19.7. The molecule has 3 atom stereocenters. The van der Waals surface area contributed by atoms with Gasteiger partial charge in [0.2, 0.25) is 5.91 Å². The van der Waals surface area contributed by atoms with Crippen LogP contribution in [0.15, 0.2) is 0 Å². The summed E-state index contributed by atoms with van der Waals surface area (Å²) in [6.45, 7) is 0.0681. The van der Waals surface area contributed by atoms with Crippen LogP contribution in [0.5, 0.6) is 0 Å². The van der Waals surface area contributed by atoms with Gasteiger partial charge in [0, 0.05) is 12.2 Å². The molecule has 0 aromatic rings. The fourth-order valence-corrected chi connectivity index (χ4v) is 1.92. The van der Waals surface area contributed by atoms with Crippen LogP contribution in [0.25, 0.3) is 0 Å². The van der Waals surface area contributed by atoms with Gasteiger partial charge in [-0.3, -0.25) is 28.9 Å². The molecule has 0 saturated carbocycles. The minimum absolute atomic E-state index is 0.180. The molecule has 0 aromatic heterocycles. The summed E-state index contributed by atoms with van der Waals surface area (Å²) in [4.78, 5) is 57.5. The molecule has 25 heavy (non-hydrogen) atoms. The maximum atomic E-state index is 12.3. The average molecular weight is 379 g/mol. The fourth-order valence-electron chi connectivity index (χ4n) is 1.68. The number of imide groups is 1. The van der Waals surface area contributed by atoms with Crippen molar-refractivity contribution in [2.45, 2.75) is 38.0 Å². The lowest BCUT2D eigenvalue weighted by atomic mass is 10.1. The number of aliphatic hydroxyl groups excluding tert-OH is 1. The van der Waals surface area contributed by atoms with E-state index in [1.807, 2.05) is 0 Å². The number of carbonyl (C=O) groups is 5. The number of nitrogens with zero attached hydrogens (tertiary/aromatic N) is 1. The number of amides is 3. The minimum atomic E-state index is -1.62. The molecule has 0 aliphatic rings. The minimum Gasteiger partial charge on any atom is -0.480 e. The molecule has 11 nitrogen and oxygen atoms in total. The standard InChI is InChI=1S/C13H21N3O8S/c1-6(17)11(21)16(4-10(19)20)12(22)8(5-25)15-9(18)3-2-7(14)13(23)24/h6-8,17,25H,2-5,14H2,1H3,(H,15,18)(H,19,20)(H,23,24). The summed E-state index contributed by atoms with van der Waals surface area (Å²) in [5, 5.41) is 28.9. The number of hydrogen-bond acceptors (Lipinski definition) is 8. The third-order valence-electron chi connectivity index (χ3n) is 3.00. The van der Waals surface area contributed by atoms with Crippen molar-refractivity contribution in [3.8, 4) is 0 Å². The average Bonchev–Trinajstić information content (AvgIpc) is 2.53. The maximum absolute atomic E-state index is 12.3. The number of aliphatic carboxylic acids is 2. The summed E-state index contributed by atoms with van der Waals surface area (Å²) in [5.41, 5.74) is 5.26. The van der Waals surface area contributed by atoms with Crippen molar-refractivity contribution < 1.29 is 39.3 Å². The summed E-state index contributed by atoms with van der Waals surface area (Å²) in [7, 11) is 0. The smallest absolute Gasteiger partial charge is 0.323 e. The number of thiol groups is 1. The molecular weight excluding hydrogens is 358 g/mol. The van der Waals surface area contributed by atoms with Gasteiger partial charge >= 0.3 is 11.9 Å². The molecular formula is C13H21N3O8S. The number of rotatable bonds is 10. The molecule has 0 aliphatic heterocycles. The Kier molecular flexibility index (Phi) is 9.71. The van der Waals surface area contributed by atoms with E-state index in [4.69, 9.17) is 15.9 Å². The molecule has 3 unspecified atom stereocenters. The van der Waals surface area contributed by atoms with Gasteiger partial charge in [0.15, 0.2) is 0 Å². The molecule has 3 amide bonds. The Labute approximate surface area is 148 Å². The van der Waals surface area contributed by atoms with E-state index in [9.17, 15) is 29.1 Å². The number of hydrogen-bond donors (Lipinski definition) is 6. The predicted octanol–water partition coefficient (Wildman–Crippen LogP) is -2.59. The topological polar surface area (TPSA) is 187 Å². The third kappa shape index (κ3) is 7.96. The number of carboxylic acids is 2. The van der Waals surface area contributed by atoms with E-state index < -0.39 is 54.4 Å². The highest BCUT2D eigenvalue weighted by Crippen LogP contribution is 2.04. The lowest BCUT2D eigenvalue weighted by Crippen LogP contribution is -2.54. The lowest BCUT2D eigenvalue weighted by Gasteiger charge is -2.25. The molecule has 12 heteroatoms. The van der Waals surface area contributed by atoms with Crippen LogP contribution in [-0.4, -0.2) is 80.4 Å². The van der Waals surface area contributed by atoms with Crippen molar-refractivity contribution in [3.05, 3.63) is 0 Å². The van der Waals surface area contributed by atoms with Gasteiger partial charge in [0.1, 0.15) is 24.7 Å². The Morgan fingerprint density at radius 1 is 1.16 bits per heavy atom. The van der Waals surface area contributed by atoms with Crippen LogP contribution in [0.1, 0.15) is 19.8 Å². The molecule has 142 valence electrons. The highest BCUT2D eigenvalue weighted by molar-refractivity contribution is 7.80. The number of carboxylic acid groups (broad SMARTS) is 2. The second-order valence-electron chi connectivity index (χ2n) is 5.12. The lowest BCUT2D eigenvalue weighted by molar-refractivity contribution is -0.157. The van der Waals surface area contributed by atoms with Gasteiger partial charge in [-0.2, -0.15) is 12.6 Å². The van der Waals surface area contributed by atoms with Crippen molar-refractivity contribution in [2.75, 3.05) is 12.3 Å². The van der Waals surface area contributed by atoms with E-state index in [-0.39, 0.29) is 18.6 Å². The van der Waals surface area contributed by atoms with Crippen LogP contribution in [0.2, 0.25) is 0 Å². The van der Waals surface area contributed by atoms with Crippen LogP contribution in [0.4, 0.5) is 0 Å². The van der Waals surface area contributed by atoms with Crippen LogP contribution >= 0.6 is 12.6 Å². The first-order valence-corrected chi connectivity index (χ1v) is 7.78. The molecule has 0 bridgehead atoms. The van der Waals surface area contributed by atoms with Gasteiger partial charge in [-0.05, 0) is 13.3 Å². The van der Waals surface area contributed by atoms with E-state index in [1.165, 1.54) is 0 Å². The highest BCUT2D eigenvalue weighted by atomic mass is 32.1. The molecule has 0 aliphatic carbocycles. The zero-order valence-electron chi connectivity index (χ0n) is 13.4. The summed E-state index contributed by atoms with van der Waals surface area (Å²) >= 11 is 3.87. The molecule has 0 rings (SSSR count). The first kappa shape index (κ1) is 22.8. The Morgan fingerprint density at radius 2 is 1.72 bits per heavy atom. The quantitative estimate of drug-likeness (QED) is 0.221. The molecule has 0 spiro atoms. The maximum Gasteiger partial charge on any atom is 0.323 e. The highest BCUT2D eigenvalue weighted by Gasteiger charge is 2.32. The van der Waals surface area contributed by atoms with E-state index in [2.05, 4.69) is 17.9 Å². The van der Waals surface area contributed by atoms with Crippen LogP contribution < -0.4 is 11.1 Å². The van der Waals surface area contributed by atoms with Gasteiger partial charge in [0.05, 0.1) is 0 Å². The first-order valence-electron chi connectivity index (χ1n) is 7.14. The van der Waals surface area contributed by atoms with Gasteiger partial charge < -0.3 is 26.4 Å². The Balaban J connectivity index is 5.00. The van der Waals surface area contributed by atoms with Crippen molar-refractivity contribution in [1.29, 1.82) is 0 Å². The fraction of sp³-hybridized carbons (Fsp3) is 0.615. The summed E-state index contributed by atoms with van der Waals surface area (Å²) < 4.78 is 0. The monoisotopic (exact) mass is 379 g/mol. The van der Waals surface area contributed by atoms with Gasteiger partial charge in [0.25, 0.3) is 11.8 Å². The van der Waals surface area contributed by atoms with E-state index in [1.54, 1.807) is 0 Å². The Bertz CT molecular complexity index is 539. The SMILES string of the molecule is CC(O)C(=O)N(CC(=O)O)C(=O)C(CS)NC(=O)CCC(N)C(=O)O. The van der Waals surface area contributed by atoms with Gasteiger partial charge in [-0.1, -0.05) is 0 Å². The first-order chi connectivity index (χ1) is 11.5. The molecule has 0 radical (unpaired) electrons. The van der Waals surface area contributed by atoms with Gasteiger partial charge in [-0.15, -0.1) is 0 Å². The van der Waals surface area contributed by atoms with Crippen molar-refractivity contribution in [1.82, 2.24) is 10.2 Å².